The number of fused-ring (bicyclic) bond motifs is 1. The second kappa shape index (κ2) is 4.01. The fraction of sp³-hybridized carbons (Fsp3) is 0.333. The quantitative estimate of drug-likeness (QED) is 0.607. The van der Waals surface area contributed by atoms with E-state index in [0.29, 0.717) is 10.9 Å². The molecular weight excluding hydrogens is 237 g/mol. The highest BCUT2D eigenvalue weighted by atomic mass is 19.4. The molecule has 0 amide bonds. The summed E-state index contributed by atoms with van der Waals surface area (Å²) in [5, 5.41) is 1.52. The van der Waals surface area contributed by atoms with Crippen LogP contribution in [0.5, 0.6) is 0 Å². The maximum atomic E-state index is 13.1. The molecule has 0 atom stereocenters. The smallest absolute Gasteiger partial charge is 0.166 e. The maximum absolute atomic E-state index is 13.1. The Labute approximate surface area is 104 Å². The van der Waals surface area contributed by atoms with Gasteiger partial charge in [-0.05, 0) is 27.8 Å². The third-order valence-corrected chi connectivity index (χ3v) is 2.98. The Kier molecular flexibility index (Phi) is 2.88. The van der Waals surface area contributed by atoms with Crippen LogP contribution in [0.3, 0.4) is 0 Å². The molecule has 0 radical (unpaired) electrons. The Morgan fingerprint density at radius 3 is 2.00 bits per heavy atom. The standard InChI is InChI=1S/C15H15F3/c1-14(2,3)13-11-7-5-4-6-10(11)8-9-12(13)15(16,17)18/h4-9H,1-3H3. The Morgan fingerprint density at radius 2 is 1.44 bits per heavy atom. The Bertz CT molecular complexity index is 574. The fourth-order valence-corrected chi connectivity index (χ4v) is 2.32. The van der Waals surface area contributed by atoms with Crippen LogP contribution in [0.1, 0.15) is 31.9 Å². The van der Waals surface area contributed by atoms with E-state index >= 15 is 0 Å². The first-order chi connectivity index (χ1) is 8.21. The number of halogens is 3. The molecule has 2 aromatic rings. The first-order valence-corrected chi connectivity index (χ1v) is 5.80. The Morgan fingerprint density at radius 1 is 0.833 bits per heavy atom. The highest BCUT2D eigenvalue weighted by Crippen LogP contribution is 2.41. The van der Waals surface area contributed by atoms with Gasteiger partial charge in [-0.15, -0.1) is 0 Å². The first-order valence-electron chi connectivity index (χ1n) is 5.80. The van der Waals surface area contributed by atoms with Gasteiger partial charge in [0.1, 0.15) is 0 Å². The molecular formula is C15H15F3. The van der Waals surface area contributed by atoms with Crippen LogP contribution in [0, 0.1) is 0 Å². The van der Waals surface area contributed by atoms with Gasteiger partial charge in [0.2, 0.25) is 0 Å². The number of alkyl halides is 3. The average molecular weight is 252 g/mol. The summed E-state index contributed by atoms with van der Waals surface area (Å²) in [6, 6.07) is 9.92. The second-order valence-corrected chi connectivity index (χ2v) is 5.46. The summed E-state index contributed by atoms with van der Waals surface area (Å²) in [7, 11) is 0. The molecule has 0 saturated heterocycles. The lowest BCUT2D eigenvalue weighted by atomic mass is 9.80. The van der Waals surface area contributed by atoms with Crippen molar-refractivity contribution in [2.75, 3.05) is 0 Å². The van der Waals surface area contributed by atoms with E-state index in [0.717, 1.165) is 5.39 Å². The minimum absolute atomic E-state index is 0.369. The van der Waals surface area contributed by atoms with E-state index < -0.39 is 17.2 Å². The predicted molar refractivity (Wildman–Crippen MR) is 67.7 cm³/mol. The van der Waals surface area contributed by atoms with Crippen molar-refractivity contribution in [1.29, 1.82) is 0 Å². The van der Waals surface area contributed by atoms with Crippen LogP contribution in [0.15, 0.2) is 36.4 Å². The summed E-state index contributed by atoms with van der Waals surface area (Å²) >= 11 is 0. The molecule has 0 spiro atoms. The number of benzene rings is 2. The Hall–Kier alpha value is -1.51. The molecule has 0 saturated carbocycles. The summed E-state index contributed by atoms with van der Waals surface area (Å²) in [5.41, 5.74) is -0.715. The summed E-state index contributed by atoms with van der Waals surface area (Å²) < 4.78 is 39.3. The minimum Gasteiger partial charge on any atom is -0.166 e. The third kappa shape index (κ3) is 2.22. The van der Waals surface area contributed by atoms with Crippen molar-refractivity contribution in [3.05, 3.63) is 47.5 Å². The highest BCUT2D eigenvalue weighted by Gasteiger charge is 2.37. The molecule has 0 nitrogen and oxygen atoms in total. The zero-order valence-electron chi connectivity index (χ0n) is 10.6. The molecule has 0 aliphatic rings. The van der Waals surface area contributed by atoms with Crippen molar-refractivity contribution in [2.45, 2.75) is 32.4 Å². The van der Waals surface area contributed by atoms with Crippen molar-refractivity contribution in [1.82, 2.24) is 0 Å². The predicted octanol–water partition coefficient (Wildman–Crippen LogP) is 5.16. The normalized spacial score (nSPS) is 13.0. The minimum atomic E-state index is -4.31. The van der Waals surface area contributed by atoms with Gasteiger partial charge in [-0.1, -0.05) is 51.1 Å². The van der Waals surface area contributed by atoms with Crippen LogP contribution >= 0.6 is 0 Å². The van der Waals surface area contributed by atoms with Crippen molar-refractivity contribution in [2.24, 2.45) is 0 Å². The van der Waals surface area contributed by atoms with Gasteiger partial charge in [-0.2, -0.15) is 13.2 Å². The van der Waals surface area contributed by atoms with Gasteiger partial charge < -0.3 is 0 Å². The topological polar surface area (TPSA) is 0 Å². The van der Waals surface area contributed by atoms with Gasteiger partial charge >= 0.3 is 6.18 Å². The second-order valence-electron chi connectivity index (χ2n) is 5.46. The molecule has 2 rings (SSSR count). The van der Waals surface area contributed by atoms with Gasteiger partial charge in [0.15, 0.2) is 0 Å². The Balaban J connectivity index is 2.89. The first kappa shape index (κ1) is 12.9. The molecule has 0 aliphatic heterocycles. The van der Waals surface area contributed by atoms with Gasteiger partial charge in [-0.3, -0.25) is 0 Å². The molecule has 0 fully saturated rings. The van der Waals surface area contributed by atoms with E-state index in [1.165, 1.54) is 12.1 Å². The molecule has 18 heavy (non-hydrogen) atoms. The molecule has 3 heteroatoms. The molecule has 0 aromatic heterocycles. The van der Waals surface area contributed by atoms with Crippen LogP contribution in [0.4, 0.5) is 13.2 Å². The summed E-state index contributed by atoms with van der Waals surface area (Å²) in [6.07, 6.45) is -4.31. The number of hydrogen-bond acceptors (Lipinski definition) is 0. The van der Waals surface area contributed by atoms with E-state index in [1.807, 2.05) is 32.9 Å². The van der Waals surface area contributed by atoms with Gasteiger partial charge in [0, 0.05) is 0 Å². The van der Waals surface area contributed by atoms with Gasteiger partial charge in [-0.25, -0.2) is 0 Å². The van der Waals surface area contributed by atoms with Crippen LogP contribution < -0.4 is 0 Å². The molecule has 96 valence electrons. The molecule has 2 aromatic carbocycles. The molecule has 0 heterocycles. The average Bonchev–Trinajstić information content (AvgIpc) is 2.24. The summed E-state index contributed by atoms with van der Waals surface area (Å²) in [4.78, 5) is 0. The molecule has 0 aliphatic carbocycles. The van der Waals surface area contributed by atoms with Crippen LogP contribution in [-0.2, 0) is 11.6 Å². The zero-order valence-corrected chi connectivity index (χ0v) is 10.6. The summed E-state index contributed by atoms with van der Waals surface area (Å²) in [5.74, 6) is 0. The molecule has 0 unspecified atom stereocenters. The monoisotopic (exact) mass is 252 g/mol. The molecule has 0 bridgehead atoms. The van der Waals surface area contributed by atoms with E-state index in [2.05, 4.69) is 0 Å². The lowest BCUT2D eigenvalue weighted by molar-refractivity contribution is -0.138. The summed E-state index contributed by atoms with van der Waals surface area (Å²) in [6.45, 7) is 5.43. The fourth-order valence-electron chi connectivity index (χ4n) is 2.32. The van der Waals surface area contributed by atoms with Gasteiger partial charge in [0.25, 0.3) is 0 Å². The van der Waals surface area contributed by atoms with Crippen LogP contribution in [0.2, 0.25) is 0 Å². The van der Waals surface area contributed by atoms with E-state index in [4.69, 9.17) is 0 Å². The lowest BCUT2D eigenvalue weighted by Gasteiger charge is -2.26. The van der Waals surface area contributed by atoms with E-state index in [1.54, 1.807) is 12.1 Å². The van der Waals surface area contributed by atoms with E-state index in [-0.39, 0.29) is 0 Å². The lowest BCUT2D eigenvalue weighted by Crippen LogP contribution is -2.20. The van der Waals surface area contributed by atoms with Gasteiger partial charge in [0.05, 0.1) is 5.56 Å². The van der Waals surface area contributed by atoms with Crippen molar-refractivity contribution in [3.8, 4) is 0 Å². The van der Waals surface area contributed by atoms with E-state index in [9.17, 15) is 13.2 Å². The van der Waals surface area contributed by atoms with Crippen LogP contribution in [-0.4, -0.2) is 0 Å². The third-order valence-electron chi connectivity index (χ3n) is 2.98. The van der Waals surface area contributed by atoms with Crippen LogP contribution in [0.25, 0.3) is 10.8 Å². The van der Waals surface area contributed by atoms with Crippen molar-refractivity contribution in [3.63, 3.8) is 0 Å². The highest BCUT2D eigenvalue weighted by molar-refractivity contribution is 5.88. The zero-order chi connectivity index (χ0) is 13.6. The molecule has 0 N–H and O–H groups in total. The largest absolute Gasteiger partial charge is 0.416 e. The maximum Gasteiger partial charge on any atom is 0.416 e. The van der Waals surface area contributed by atoms with Crippen molar-refractivity contribution < 1.29 is 13.2 Å². The SMILES string of the molecule is CC(C)(C)c1c(C(F)(F)F)ccc2ccccc12. The number of rotatable bonds is 0. The number of hydrogen-bond donors (Lipinski definition) is 0. The van der Waals surface area contributed by atoms with Crippen molar-refractivity contribution >= 4 is 10.8 Å².